The molecule has 0 spiro atoms. The standard InChI is InChI=1S/C13H26N2/c1-11(2)7-5-6-10-15-13(14)12-8-3-4-9-12/h11-12H,3-10H2,1-2H3,(H2,14,15). The van der Waals surface area contributed by atoms with Crippen LogP contribution < -0.4 is 5.73 Å². The second kappa shape index (κ2) is 6.86. The van der Waals surface area contributed by atoms with Gasteiger partial charge >= 0.3 is 0 Å². The van der Waals surface area contributed by atoms with Crippen LogP contribution in [0.2, 0.25) is 0 Å². The average Bonchev–Trinajstić information content (AvgIpc) is 2.69. The van der Waals surface area contributed by atoms with E-state index in [0.29, 0.717) is 5.92 Å². The van der Waals surface area contributed by atoms with Crippen molar-refractivity contribution >= 4 is 5.84 Å². The summed E-state index contributed by atoms with van der Waals surface area (Å²) in [6, 6.07) is 0. The first kappa shape index (κ1) is 12.5. The maximum atomic E-state index is 5.97. The van der Waals surface area contributed by atoms with Gasteiger partial charge in [0.15, 0.2) is 0 Å². The molecule has 0 unspecified atom stereocenters. The molecule has 1 aliphatic rings. The quantitative estimate of drug-likeness (QED) is 0.407. The second-order valence-corrected chi connectivity index (χ2v) is 5.18. The Balaban J connectivity index is 2.08. The zero-order chi connectivity index (χ0) is 11.1. The first-order chi connectivity index (χ1) is 7.20. The highest BCUT2D eigenvalue weighted by Gasteiger charge is 2.17. The second-order valence-electron chi connectivity index (χ2n) is 5.18. The summed E-state index contributed by atoms with van der Waals surface area (Å²) in [7, 11) is 0. The highest BCUT2D eigenvalue weighted by atomic mass is 14.9. The van der Waals surface area contributed by atoms with Gasteiger partial charge in [0.1, 0.15) is 0 Å². The van der Waals surface area contributed by atoms with Crippen molar-refractivity contribution in [2.24, 2.45) is 22.6 Å². The number of nitrogens with zero attached hydrogens (tertiary/aromatic N) is 1. The molecule has 1 fully saturated rings. The largest absolute Gasteiger partial charge is 0.387 e. The molecule has 2 heteroatoms. The van der Waals surface area contributed by atoms with Crippen molar-refractivity contribution in [3.05, 3.63) is 0 Å². The minimum Gasteiger partial charge on any atom is -0.387 e. The fourth-order valence-electron chi connectivity index (χ4n) is 2.22. The lowest BCUT2D eigenvalue weighted by Gasteiger charge is -2.08. The molecular formula is C13H26N2. The van der Waals surface area contributed by atoms with Gasteiger partial charge in [0.05, 0.1) is 5.84 Å². The third-order valence-corrected chi connectivity index (χ3v) is 3.26. The van der Waals surface area contributed by atoms with Crippen LogP contribution in [0.3, 0.4) is 0 Å². The van der Waals surface area contributed by atoms with Gasteiger partial charge < -0.3 is 5.73 Å². The van der Waals surface area contributed by atoms with Crippen molar-refractivity contribution in [1.29, 1.82) is 0 Å². The van der Waals surface area contributed by atoms with Gasteiger partial charge in [-0.05, 0) is 25.2 Å². The molecule has 0 bridgehead atoms. The minimum absolute atomic E-state index is 0.607. The molecule has 0 amide bonds. The highest BCUT2D eigenvalue weighted by Crippen LogP contribution is 2.24. The van der Waals surface area contributed by atoms with Crippen molar-refractivity contribution in [3.63, 3.8) is 0 Å². The van der Waals surface area contributed by atoms with Crippen LogP contribution in [0.1, 0.15) is 58.8 Å². The zero-order valence-electron chi connectivity index (χ0n) is 10.3. The first-order valence-corrected chi connectivity index (χ1v) is 6.50. The van der Waals surface area contributed by atoms with Gasteiger partial charge in [0, 0.05) is 12.5 Å². The molecular weight excluding hydrogens is 184 g/mol. The Kier molecular flexibility index (Phi) is 5.74. The molecule has 2 nitrogen and oxygen atoms in total. The summed E-state index contributed by atoms with van der Waals surface area (Å²) in [5, 5.41) is 0. The number of hydrogen-bond acceptors (Lipinski definition) is 1. The van der Waals surface area contributed by atoms with Crippen LogP contribution in [-0.4, -0.2) is 12.4 Å². The summed E-state index contributed by atoms with van der Waals surface area (Å²) >= 11 is 0. The molecule has 0 aromatic carbocycles. The summed E-state index contributed by atoms with van der Waals surface area (Å²) < 4.78 is 0. The fourth-order valence-corrected chi connectivity index (χ4v) is 2.22. The molecule has 1 aliphatic carbocycles. The SMILES string of the molecule is CC(C)CCCCN=C(N)C1CCCC1. The van der Waals surface area contributed by atoms with E-state index >= 15 is 0 Å². The highest BCUT2D eigenvalue weighted by molar-refractivity contribution is 5.83. The number of amidine groups is 1. The van der Waals surface area contributed by atoms with E-state index in [-0.39, 0.29) is 0 Å². The minimum atomic E-state index is 0.607. The van der Waals surface area contributed by atoms with Crippen LogP contribution in [0.15, 0.2) is 4.99 Å². The third kappa shape index (κ3) is 5.19. The number of unbranched alkanes of at least 4 members (excludes halogenated alkanes) is 1. The zero-order valence-corrected chi connectivity index (χ0v) is 10.3. The fraction of sp³-hybridized carbons (Fsp3) is 0.923. The van der Waals surface area contributed by atoms with Gasteiger partial charge in [-0.1, -0.05) is 39.5 Å². The van der Waals surface area contributed by atoms with Crippen LogP contribution in [0.25, 0.3) is 0 Å². The Morgan fingerprint density at radius 2 is 1.93 bits per heavy atom. The molecule has 0 aromatic rings. The van der Waals surface area contributed by atoms with E-state index in [4.69, 9.17) is 5.73 Å². The molecule has 0 radical (unpaired) electrons. The molecule has 0 heterocycles. The van der Waals surface area contributed by atoms with E-state index in [1.54, 1.807) is 0 Å². The first-order valence-electron chi connectivity index (χ1n) is 6.50. The lowest BCUT2D eigenvalue weighted by molar-refractivity contribution is 0.541. The maximum Gasteiger partial charge on any atom is 0.0968 e. The maximum absolute atomic E-state index is 5.97. The summed E-state index contributed by atoms with van der Waals surface area (Å²) in [4.78, 5) is 4.50. The third-order valence-electron chi connectivity index (χ3n) is 3.26. The van der Waals surface area contributed by atoms with Crippen LogP contribution in [0, 0.1) is 11.8 Å². The van der Waals surface area contributed by atoms with Crippen LogP contribution in [-0.2, 0) is 0 Å². The van der Waals surface area contributed by atoms with Gasteiger partial charge in [-0.3, -0.25) is 4.99 Å². The summed E-state index contributed by atoms with van der Waals surface area (Å²) in [6.07, 6.45) is 9.02. The summed E-state index contributed by atoms with van der Waals surface area (Å²) in [6.45, 7) is 5.49. The van der Waals surface area contributed by atoms with Gasteiger partial charge in [-0.2, -0.15) is 0 Å². The normalized spacial score (nSPS) is 19.0. The molecule has 2 N–H and O–H groups in total. The molecule has 1 rings (SSSR count). The molecule has 88 valence electrons. The Hall–Kier alpha value is -0.530. The lowest BCUT2D eigenvalue weighted by atomic mass is 10.1. The molecule has 0 saturated heterocycles. The van der Waals surface area contributed by atoms with Crippen molar-refractivity contribution in [1.82, 2.24) is 0 Å². The summed E-state index contributed by atoms with van der Waals surface area (Å²) in [5.41, 5.74) is 5.97. The van der Waals surface area contributed by atoms with Crippen molar-refractivity contribution in [3.8, 4) is 0 Å². The van der Waals surface area contributed by atoms with Crippen molar-refractivity contribution < 1.29 is 0 Å². The number of rotatable bonds is 6. The van der Waals surface area contributed by atoms with Crippen LogP contribution in [0.4, 0.5) is 0 Å². The number of hydrogen-bond donors (Lipinski definition) is 1. The molecule has 0 atom stereocenters. The van der Waals surface area contributed by atoms with Gasteiger partial charge in [0.25, 0.3) is 0 Å². The van der Waals surface area contributed by atoms with E-state index in [1.165, 1.54) is 44.9 Å². The van der Waals surface area contributed by atoms with Gasteiger partial charge in [-0.25, -0.2) is 0 Å². The average molecular weight is 210 g/mol. The number of nitrogens with two attached hydrogens (primary N) is 1. The van der Waals surface area contributed by atoms with Crippen LogP contribution in [0.5, 0.6) is 0 Å². The molecule has 15 heavy (non-hydrogen) atoms. The number of aliphatic imine (C=N–C) groups is 1. The Morgan fingerprint density at radius 1 is 1.27 bits per heavy atom. The Bertz CT molecular complexity index is 191. The van der Waals surface area contributed by atoms with Gasteiger partial charge in [-0.15, -0.1) is 0 Å². The lowest BCUT2D eigenvalue weighted by Crippen LogP contribution is -2.21. The monoisotopic (exact) mass is 210 g/mol. The van der Waals surface area contributed by atoms with Crippen molar-refractivity contribution in [2.45, 2.75) is 58.8 Å². The van der Waals surface area contributed by atoms with E-state index in [9.17, 15) is 0 Å². The predicted octanol–water partition coefficient (Wildman–Crippen LogP) is 3.36. The van der Waals surface area contributed by atoms with Crippen molar-refractivity contribution in [2.75, 3.05) is 6.54 Å². The van der Waals surface area contributed by atoms with E-state index in [2.05, 4.69) is 18.8 Å². The predicted molar refractivity (Wildman–Crippen MR) is 67.1 cm³/mol. The smallest absolute Gasteiger partial charge is 0.0968 e. The van der Waals surface area contributed by atoms with Gasteiger partial charge in [0.2, 0.25) is 0 Å². The topological polar surface area (TPSA) is 38.4 Å². The van der Waals surface area contributed by atoms with E-state index < -0.39 is 0 Å². The molecule has 0 aliphatic heterocycles. The summed E-state index contributed by atoms with van der Waals surface area (Å²) in [5.74, 6) is 2.35. The Labute approximate surface area is 94.3 Å². The van der Waals surface area contributed by atoms with E-state index in [1.807, 2.05) is 0 Å². The van der Waals surface area contributed by atoms with Crippen LogP contribution >= 0.6 is 0 Å². The van der Waals surface area contributed by atoms with E-state index in [0.717, 1.165) is 18.3 Å². The molecule has 0 aromatic heterocycles. The molecule has 1 saturated carbocycles. The Morgan fingerprint density at radius 3 is 2.53 bits per heavy atom.